The number of fused-ring (bicyclic) bond motifs is 1. The Morgan fingerprint density at radius 3 is 2.37 bits per heavy atom. The molecule has 2 aliphatic heterocycles. The molecule has 30 heavy (non-hydrogen) atoms. The molecule has 3 amide bonds. The molecule has 0 spiro atoms. The van der Waals surface area contributed by atoms with Gasteiger partial charge in [-0.15, -0.1) is 0 Å². The summed E-state index contributed by atoms with van der Waals surface area (Å²) in [7, 11) is 0. The van der Waals surface area contributed by atoms with Crippen molar-refractivity contribution in [3.8, 4) is 0 Å². The second kappa shape index (κ2) is 8.18. The standard InChI is InChI=1S/C22H29N3O5/c1-12-10-25(17-16(27)11-30-18(12)17)21(29)19(22(3,4)5)24-20(28)14-6-8-15(9-7-14)23-13(2)26/h6-9,12,17-19H,10-11H2,1-5H3,(H,23,26)(H,24,28)/t12-,17+,18+,19+/m0/s1. The summed E-state index contributed by atoms with van der Waals surface area (Å²) >= 11 is 0. The third kappa shape index (κ3) is 4.38. The number of nitrogens with zero attached hydrogens (tertiary/aromatic N) is 1. The first-order chi connectivity index (χ1) is 14.0. The highest BCUT2D eigenvalue weighted by Crippen LogP contribution is 2.33. The molecule has 3 rings (SSSR count). The summed E-state index contributed by atoms with van der Waals surface area (Å²) in [5, 5.41) is 5.50. The van der Waals surface area contributed by atoms with Crippen LogP contribution in [-0.2, 0) is 19.1 Å². The van der Waals surface area contributed by atoms with Gasteiger partial charge in [0.05, 0.1) is 6.10 Å². The molecule has 2 N–H and O–H groups in total. The topological polar surface area (TPSA) is 105 Å². The number of hydrogen-bond acceptors (Lipinski definition) is 5. The van der Waals surface area contributed by atoms with Crippen LogP contribution in [0.4, 0.5) is 5.69 Å². The van der Waals surface area contributed by atoms with Gasteiger partial charge in [0.25, 0.3) is 5.91 Å². The first kappa shape index (κ1) is 22.0. The number of ether oxygens (including phenoxy) is 1. The van der Waals surface area contributed by atoms with Crippen LogP contribution in [0.2, 0.25) is 0 Å². The van der Waals surface area contributed by atoms with Crippen LogP contribution < -0.4 is 10.6 Å². The molecule has 0 radical (unpaired) electrons. The van der Waals surface area contributed by atoms with Gasteiger partial charge in [-0.2, -0.15) is 0 Å². The van der Waals surface area contributed by atoms with Gasteiger partial charge < -0.3 is 20.3 Å². The molecule has 0 unspecified atom stereocenters. The van der Waals surface area contributed by atoms with Crippen molar-refractivity contribution in [2.45, 2.75) is 52.8 Å². The summed E-state index contributed by atoms with van der Waals surface area (Å²) in [6.07, 6.45) is -0.279. The molecule has 2 fully saturated rings. The van der Waals surface area contributed by atoms with Gasteiger partial charge in [-0.05, 0) is 29.7 Å². The Bertz CT molecular complexity index is 859. The fraction of sp³-hybridized carbons (Fsp3) is 0.545. The molecule has 0 saturated carbocycles. The number of anilines is 1. The maximum absolute atomic E-state index is 13.4. The zero-order valence-electron chi connectivity index (χ0n) is 18.0. The van der Waals surface area contributed by atoms with Gasteiger partial charge in [0, 0.05) is 30.6 Å². The molecule has 0 aromatic heterocycles. The van der Waals surface area contributed by atoms with Gasteiger partial charge in [0.1, 0.15) is 18.7 Å². The van der Waals surface area contributed by atoms with E-state index in [1.807, 2.05) is 27.7 Å². The second-order valence-corrected chi connectivity index (χ2v) is 9.19. The van der Waals surface area contributed by atoms with E-state index in [9.17, 15) is 19.2 Å². The highest BCUT2D eigenvalue weighted by Gasteiger charge is 2.52. The largest absolute Gasteiger partial charge is 0.367 e. The Labute approximate surface area is 176 Å². The van der Waals surface area contributed by atoms with Gasteiger partial charge in [-0.25, -0.2) is 0 Å². The average Bonchev–Trinajstić information content (AvgIpc) is 3.19. The zero-order valence-corrected chi connectivity index (χ0v) is 18.0. The molecule has 8 heteroatoms. The molecule has 4 atom stereocenters. The van der Waals surface area contributed by atoms with Crippen LogP contribution in [0, 0.1) is 11.3 Å². The Balaban J connectivity index is 1.78. The number of carbonyl (C=O) groups is 4. The van der Waals surface area contributed by atoms with Crippen molar-refractivity contribution in [3.05, 3.63) is 29.8 Å². The van der Waals surface area contributed by atoms with Gasteiger partial charge in [-0.3, -0.25) is 19.2 Å². The smallest absolute Gasteiger partial charge is 0.251 e. The van der Waals surface area contributed by atoms with Crippen molar-refractivity contribution in [2.75, 3.05) is 18.5 Å². The van der Waals surface area contributed by atoms with Crippen LogP contribution in [0.5, 0.6) is 0 Å². The molecule has 2 heterocycles. The predicted molar refractivity (Wildman–Crippen MR) is 111 cm³/mol. The number of likely N-dealkylation sites (tertiary alicyclic amines) is 1. The summed E-state index contributed by atoms with van der Waals surface area (Å²) in [5.41, 5.74) is 0.394. The van der Waals surface area contributed by atoms with Gasteiger partial charge in [0.2, 0.25) is 11.8 Å². The monoisotopic (exact) mass is 415 g/mol. The minimum Gasteiger partial charge on any atom is -0.367 e. The normalized spacial score (nSPS) is 24.4. The molecule has 0 bridgehead atoms. The lowest BCUT2D eigenvalue weighted by Gasteiger charge is -2.35. The molecule has 162 valence electrons. The van der Waals surface area contributed by atoms with Crippen molar-refractivity contribution in [1.29, 1.82) is 0 Å². The SMILES string of the molecule is CC(=O)Nc1ccc(C(=O)N[C@H](C(=O)N2C[C@H](C)[C@H]3OCC(=O)[C@H]32)C(C)(C)C)cc1. The van der Waals surface area contributed by atoms with Crippen LogP contribution >= 0.6 is 0 Å². The van der Waals surface area contributed by atoms with Crippen molar-refractivity contribution in [3.63, 3.8) is 0 Å². The first-order valence-electron chi connectivity index (χ1n) is 10.1. The quantitative estimate of drug-likeness (QED) is 0.777. The predicted octanol–water partition coefficient (Wildman–Crippen LogP) is 1.60. The van der Waals surface area contributed by atoms with Crippen LogP contribution in [0.3, 0.4) is 0 Å². The number of carbonyl (C=O) groups excluding carboxylic acids is 4. The highest BCUT2D eigenvalue weighted by atomic mass is 16.5. The third-order valence-corrected chi connectivity index (χ3v) is 5.58. The summed E-state index contributed by atoms with van der Waals surface area (Å²) in [6.45, 7) is 9.44. The number of nitrogens with one attached hydrogen (secondary N) is 2. The number of benzene rings is 1. The number of hydrogen-bond donors (Lipinski definition) is 2. The maximum atomic E-state index is 13.4. The van der Waals surface area contributed by atoms with E-state index in [0.717, 1.165) is 0 Å². The molecule has 1 aromatic carbocycles. The average molecular weight is 415 g/mol. The van der Waals surface area contributed by atoms with E-state index in [1.54, 1.807) is 29.2 Å². The first-order valence-corrected chi connectivity index (χ1v) is 10.1. The molecular formula is C22H29N3O5. The van der Waals surface area contributed by atoms with E-state index in [2.05, 4.69) is 10.6 Å². The molecule has 1 aromatic rings. The summed E-state index contributed by atoms with van der Waals surface area (Å²) in [6, 6.07) is 5.06. The lowest BCUT2D eigenvalue weighted by atomic mass is 9.85. The van der Waals surface area contributed by atoms with E-state index in [4.69, 9.17) is 4.74 Å². The second-order valence-electron chi connectivity index (χ2n) is 9.19. The van der Waals surface area contributed by atoms with E-state index in [0.29, 0.717) is 17.8 Å². The van der Waals surface area contributed by atoms with Crippen LogP contribution in [0.25, 0.3) is 0 Å². The maximum Gasteiger partial charge on any atom is 0.251 e. The molecular weight excluding hydrogens is 386 g/mol. The van der Waals surface area contributed by atoms with Crippen molar-refractivity contribution in [2.24, 2.45) is 11.3 Å². The Kier molecular flexibility index (Phi) is 5.99. The molecule has 2 aliphatic rings. The summed E-state index contributed by atoms with van der Waals surface area (Å²) in [5.74, 6) is -0.901. The van der Waals surface area contributed by atoms with E-state index >= 15 is 0 Å². The molecule has 8 nitrogen and oxygen atoms in total. The lowest BCUT2D eigenvalue weighted by Crippen LogP contribution is -2.57. The summed E-state index contributed by atoms with van der Waals surface area (Å²) in [4.78, 5) is 51.3. The van der Waals surface area contributed by atoms with Crippen LogP contribution in [0.1, 0.15) is 45.0 Å². The fourth-order valence-corrected chi connectivity index (χ4v) is 4.06. The lowest BCUT2D eigenvalue weighted by molar-refractivity contribution is -0.140. The van der Waals surface area contributed by atoms with Crippen LogP contribution in [0.15, 0.2) is 24.3 Å². The Morgan fingerprint density at radius 2 is 1.80 bits per heavy atom. The number of amides is 3. The summed E-state index contributed by atoms with van der Waals surface area (Å²) < 4.78 is 5.58. The third-order valence-electron chi connectivity index (χ3n) is 5.58. The van der Waals surface area contributed by atoms with E-state index in [-0.39, 0.29) is 36.2 Å². The van der Waals surface area contributed by atoms with Gasteiger partial charge in [0.15, 0.2) is 5.78 Å². The molecule has 0 aliphatic carbocycles. The number of Topliss-reactive ketones (excluding diaryl/α,β-unsaturated/α-hetero) is 1. The Hall–Kier alpha value is -2.74. The zero-order chi connectivity index (χ0) is 22.2. The Morgan fingerprint density at radius 1 is 1.17 bits per heavy atom. The van der Waals surface area contributed by atoms with E-state index < -0.39 is 23.4 Å². The van der Waals surface area contributed by atoms with Crippen molar-refractivity contribution >= 4 is 29.2 Å². The van der Waals surface area contributed by atoms with Crippen molar-refractivity contribution in [1.82, 2.24) is 10.2 Å². The highest BCUT2D eigenvalue weighted by molar-refractivity contribution is 6.00. The minimum atomic E-state index is -0.806. The number of rotatable bonds is 4. The van der Waals surface area contributed by atoms with Gasteiger partial charge in [-0.1, -0.05) is 27.7 Å². The molecule has 2 saturated heterocycles. The van der Waals surface area contributed by atoms with Crippen molar-refractivity contribution < 1.29 is 23.9 Å². The number of ketones is 1. The van der Waals surface area contributed by atoms with Gasteiger partial charge >= 0.3 is 0 Å². The van der Waals surface area contributed by atoms with Crippen LogP contribution in [-0.4, -0.2) is 59.7 Å². The van der Waals surface area contributed by atoms with E-state index in [1.165, 1.54) is 6.92 Å². The fourth-order valence-electron chi connectivity index (χ4n) is 4.06. The minimum absolute atomic E-state index is 0.0244.